The Hall–Kier alpha value is -1.31. The first-order valence-corrected chi connectivity index (χ1v) is 8.49. The van der Waals surface area contributed by atoms with Crippen molar-refractivity contribution in [2.24, 2.45) is 5.41 Å². The molecule has 0 bridgehead atoms. The van der Waals surface area contributed by atoms with Gasteiger partial charge in [0.2, 0.25) is 0 Å². The van der Waals surface area contributed by atoms with Gasteiger partial charge < -0.3 is 4.74 Å². The van der Waals surface area contributed by atoms with Crippen molar-refractivity contribution in [3.63, 3.8) is 0 Å². The van der Waals surface area contributed by atoms with Gasteiger partial charge in [-0.15, -0.1) is 0 Å². The molecular formula is C19H26O2. The summed E-state index contributed by atoms with van der Waals surface area (Å²) in [6, 6.07) is 9.12. The highest BCUT2D eigenvalue weighted by molar-refractivity contribution is 5.77. The Morgan fingerprint density at radius 2 is 1.95 bits per heavy atom. The minimum Gasteiger partial charge on any atom is -0.466 e. The second-order valence-electron chi connectivity index (χ2n) is 6.72. The standard InChI is InChI=1S/C19H26O2/c1-2-21-18(20)19(13-4-14-19)12-3-5-15-6-8-16(9-7-15)17-10-11-17/h6-9,17H,2-5,10-14H2,1H3. The SMILES string of the molecule is CCOC(=O)C1(CCCc2ccc(C3CC3)cc2)CCC1. The average Bonchev–Trinajstić information content (AvgIpc) is 3.27. The lowest BCUT2D eigenvalue weighted by Gasteiger charge is -2.39. The van der Waals surface area contributed by atoms with Crippen LogP contribution < -0.4 is 0 Å². The fraction of sp³-hybridized carbons (Fsp3) is 0.632. The van der Waals surface area contributed by atoms with Gasteiger partial charge in [-0.3, -0.25) is 4.79 Å². The molecule has 1 aromatic rings. The molecule has 0 spiro atoms. The predicted molar refractivity (Wildman–Crippen MR) is 84.3 cm³/mol. The van der Waals surface area contributed by atoms with E-state index in [2.05, 4.69) is 24.3 Å². The van der Waals surface area contributed by atoms with Crippen LogP contribution >= 0.6 is 0 Å². The molecule has 0 aromatic heterocycles. The van der Waals surface area contributed by atoms with Crippen LogP contribution in [0.1, 0.15) is 68.9 Å². The van der Waals surface area contributed by atoms with Crippen LogP contribution in [0.4, 0.5) is 0 Å². The summed E-state index contributed by atoms with van der Waals surface area (Å²) in [4.78, 5) is 12.1. The number of carbonyl (C=O) groups is 1. The lowest BCUT2D eigenvalue weighted by Crippen LogP contribution is -2.39. The second kappa shape index (κ2) is 6.21. The van der Waals surface area contributed by atoms with Gasteiger partial charge in [-0.2, -0.15) is 0 Å². The fourth-order valence-corrected chi connectivity index (χ4v) is 3.45. The van der Waals surface area contributed by atoms with E-state index in [1.807, 2.05) is 6.92 Å². The number of rotatable bonds is 7. The first-order chi connectivity index (χ1) is 10.2. The molecule has 0 atom stereocenters. The third kappa shape index (κ3) is 3.30. The molecule has 0 amide bonds. The van der Waals surface area contributed by atoms with Gasteiger partial charge in [-0.05, 0) is 68.9 Å². The van der Waals surface area contributed by atoms with Crippen LogP contribution in [0.5, 0.6) is 0 Å². The van der Waals surface area contributed by atoms with E-state index in [9.17, 15) is 4.79 Å². The van der Waals surface area contributed by atoms with Crippen molar-refractivity contribution in [1.82, 2.24) is 0 Å². The second-order valence-corrected chi connectivity index (χ2v) is 6.72. The normalized spacial score (nSPS) is 19.9. The molecule has 2 saturated carbocycles. The van der Waals surface area contributed by atoms with Crippen molar-refractivity contribution in [2.75, 3.05) is 6.61 Å². The number of ether oxygens (including phenoxy) is 1. The highest BCUT2D eigenvalue weighted by atomic mass is 16.5. The van der Waals surface area contributed by atoms with Crippen LogP contribution in [-0.4, -0.2) is 12.6 Å². The Morgan fingerprint density at radius 3 is 2.48 bits per heavy atom. The number of aryl methyl sites for hydroxylation is 1. The molecule has 2 heteroatoms. The average molecular weight is 286 g/mol. The van der Waals surface area contributed by atoms with Gasteiger partial charge in [-0.25, -0.2) is 0 Å². The Labute approximate surface area is 127 Å². The summed E-state index contributed by atoms with van der Waals surface area (Å²) in [6.45, 7) is 2.40. The zero-order valence-electron chi connectivity index (χ0n) is 13.1. The minimum atomic E-state index is -0.149. The van der Waals surface area contributed by atoms with E-state index in [1.165, 1.54) is 30.4 Å². The first-order valence-electron chi connectivity index (χ1n) is 8.49. The van der Waals surface area contributed by atoms with Crippen molar-refractivity contribution in [3.8, 4) is 0 Å². The molecule has 3 rings (SSSR count). The lowest BCUT2D eigenvalue weighted by molar-refractivity contribution is -0.161. The van der Waals surface area contributed by atoms with Crippen LogP contribution in [0.2, 0.25) is 0 Å². The van der Waals surface area contributed by atoms with Crippen LogP contribution in [0.25, 0.3) is 0 Å². The third-order valence-electron chi connectivity index (χ3n) is 5.17. The molecule has 0 radical (unpaired) electrons. The van der Waals surface area contributed by atoms with Gasteiger partial charge in [0, 0.05) is 0 Å². The Balaban J connectivity index is 1.49. The molecule has 2 aliphatic carbocycles. The minimum absolute atomic E-state index is 0.0420. The molecule has 114 valence electrons. The van der Waals surface area contributed by atoms with E-state index in [0.29, 0.717) is 6.61 Å². The molecule has 21 heavy (non-hydrogen) atoms. The Kier molecular flexibility index (Phi) is 4.32. The largest absolute Gasteiger partial charge is 0.466 e. The number of esters is 1. The lowest BCUT2D eigenvalue weighted by atomic mass is 9.66. The summed E-state index contributed by atoms with van der Waals surface area (Å²) >= 11 is 0. The number of benzene rings is 1. The highest BCUT2D eigenvalue weighted by Gasteiger charge is 2.44. The molecule has 0 aliphatic heterocycles. The predicted octanol–water partition coefficient (Wildman–Crippen LogP) is 4.62. The van der Waals surface area contributed by atoms with Gasteiger partial charge in [0.1, 0.15) is 0 Å². The Morgan fingerprint density at radius 1 is 1.24 bits per heavy atom. The van der Waals surface area contributed by atoms with E-state index in [0.717, 1.165) is 38.0 Å². The molecular weight excluding hydrogens is 260 g/mol. The molecule has 2 nitrogen and oxygen atoms in total. The van der Waals surface area contributed by atoms with Gasteiger partial charge in [-0.1, -0.05) is 30.7 Å². The van der Waals surface area contributed by atoms with Crippen LogP contribution in [0.15, 0.2) is 24.3 Å². The van der Waals surface area contributed by atoms with E-state index in [4.69, 9.17) is 4.74 Å². The van der Waals surface area contributed by atoms with Gasteiger partial charge in [0.15, 0.2) is 0 Å². The smallest absolute Gasteiger partial charge is 0.312 e. The van der Waals surface area contributed by atoms with Gasteiger partial charge in [0.05, 0.1) is 12.0 Å². The number of carbonyl (C=O) groups excluding carboxylic acids is 1. The van der Waals surface area contributed by atoms with E-state index < -0.39 is 0 Å². The van der Waals surface area contributed by atoms with Crippen molar-refractivity contribution in [3.05, 3.63) is 35.4 Å². The molecule has 0 saturated heterocycles. The zero-order chi connectivity index (χ0) is 14.7. The molecule has 2 fully saturated rings. The maximum absolute atomic E-state index is 12.1. The monoisotopic (exact) mass is 286 g/mol. The maximum atomic E-state index is 12.1. The summed E-state index contributed by atoms with van der Waals surface area (Å²) in [5, 5.41) is 0. The zero-order valence-corrected chi connectivity index (χ0v) is 13.1. The molecule has 0 heterocycles. The van der Waals surface area contributed by atoms with Crippen molar-refractivity contribution >= 4 is 5.97 Å². The molecule has 1 aromatic carbocycles. The van der Waals surface area contributed by atoms with Gasteiger partial charge in [0.25, 0.3) is 0 Å². The summed E-state index contributed by atoms with van der Waals surface area (Å²) in [5.74, 6) is 0.876. The summed E-state index contributed by atoms with van der Waals surface area (Å²) in [7, 11) is 0. The number of hydrogen-bond acceptors (Lipinski definition) is 2. The van der Waals surface area contributed by atoms with Crippen LogP contribution in [0, 0.1) is 5.41 Å². The maximum Gasteiger partial charge on any atom is 0.312 e. The summed E-state index contributed by atoms with van der Waals surface area (Å²) in [5.41, 5.74) is 2.75. The molecule has 2 aliphatic rings. The highest BCUT2D eigenvalue weighted by Crippen LogP contribution is 2.46. The fourth-order valence-electron chi connectivity index (χ4n) is 3.45. The van der Waals surface area contributed by atoms with Crippen molar-refractivity contribution in [1.29, 1.82) is 0 Å². The first kappa shape index (κ1) is 14.6. The van der Waals surface area contributed by atoms with Crippen LogP contribution in [0.3, 0.4) is 0 Å². The Bertz CT molecular complexity index is 481. The summed E-state index contributed by atoms with van der Waals surface area (Å²) in [6.07, 6.45) is 9.08. The van der Waals surface area contributed by atoms with Crippen LogP contribution in [-0.2, 0) is 16.0 Å². The quantitative estimate of drug-likeness (QED) is 0.684. The topological polar surface area (TPSA) is 26.3 Å². The molecule has 0 unspecified atom stereocenters. The van der Waals surface area contributed by atoms with Gasteiger partial charge >= 0.3 is 5.97 Å². The van der Waals surface area contributed by atoms with E-state index >= 15 is 0 Å². The van der Waals surface area contributed by atoms with E-state index in [-0.39, 0.29) is 11.4 Å². The molecule has 0 N–H and O–H groups in total. The number of hydrogen-bond donors (Lipinski definition) is 0. The third-order valence-corrected chi connectivity index (χ3v) is 5.17. The van der Waals surface area contributed by atoms with Crippen molar-refractivity contribution in [2.45, 2.75) is 64.2 Å². The van der Waals surface area contributed by atoms with E-state index in [1.54, 1.807) is 0 Å². The van der Waals surface area contributed by atoms with Crippen molar-refractivity contribution < 1.29 is 9.53 Å². The summed E-state index contributed by atoms with van der Waals surface area (Å²) < 4.78 is 5.26.